The van der Waals surface area contributed by atoms with Gasteiger partial charge in [0.1, 0.15) is 5.75 Å². The first-order valence-electron chi connectivity index (χ1n) is 9.75. The average Bonchev–Trinajstić information content (AvgIpc) is 2.54. The largest absolute Gasteiger partial charge is 0.508 e. The number of phenolic OH excluding ortho intramolecular Hbond substituents is 1. The predicted molar refractivity (Wildman–Crippen MR) is 105 cm³/mol. The number of aromatic hydroxyl groups is 1. The smallest absolute Gasteiger partial charge is 0.219 e. The Morgan fingerprint density at radius 3 is 1.81 bits per heavy atom. The molecular weight excluding hydrogens is 348 g/mol. The summed E-state index contributed by atoms with van der Waals surface area (Å²) in [6.07, 6.45) is 7.80. The molecule has 7 N–H and O–H groups in total. The summed E-state index contributed by atoms with van der Waals surface area (Å²) in [5, 5.41) is 53.2. The zero-order chi connectivity index (χ0) is 20.5. The number of unbranched alkanes of at least 4 members (excludes halogenated alkanes) is 5. The van der Waals surface area contributed by atoms with Gasteiger partial charge in [-0.2, -0.15) is 0 Å². The van der Waals surface area contributed by atoms with Gasteiger partial charge in [-0.05, 0) is 30.0 Å². The summed E-state index contributed by atoms with van der Waals surface area (Å²) in [6, 6.07) is 3.43. The molecule has 0 aliphatic carbocycles. The average molecular weight is 385 g/mol. The van der Waals surface area contributed by atoms with Crippen molar-refractivity contribution in [3.05, 3.63) is 28.8 Å². The molecule has 1 aromatic rings. The third-order valence-electron chi connectivity index (χ3n) is 4.43. The SMILES string of the molecule is CCCCCCCCc1cc(CNC(C)(O)O)c(O)cc1CNC(C)(O)O. The predicted octanol–water partition coefficient (Wildman–Crippen LogP) is 1.79. The van der Waals surface area contributed by atoms with E-state index in [0.29, 0.717) is 5.56 Å². The zero-order valence-electron chi connectivity index (χ0n) is 16.8. The van der Waals surface area contributed by atoms with Crippen molar-refractivity contribution >= 4 is 0 Å². The van der Waals surface area contributed by atoms with E-state index in [0.717, 1.165) is 30.4 Å². The number of hydrogen-bond acceptors (Lipinski definition) is 7. The summed E-state index contributed by atoms with van der Waals surface area (Å²) in [7, 11) is 0. The van der Waals surface area contributed by atoms with Gasteiger partial charge in [0.15, 0.2) is 0 Å². The quantitative estimate of drug-likeness (QED) is 0.204. The van der Waals surface area contributed by atoms with Crippen LogP contribution in [0.15, 0.2) is 12.1 Å². The highest BCUT2D eigenvalue weighted by molar-refractivity contribution is 5.42. The van der Waals surface area contributed by atoms with Crippen molar-refractivity contribution in [2.75, 3.05) is 0 Å². The summed E-state index contributed by atoms with van der Waals surface area (Å²) in [5.74, 6) is -4.00. The van der Waals surface area contributed by atoms with Gasteiger partial charge in [0, 0.05) is 32.5 Å². The third-order valence-corrected chi connectivity index (χ3v) is 4.43. The van der Waals surface area contributed by atoms with Crippen molar-refractivity contribution < 1.29 is 25.5 Å². The molecule has 0 amide bonds. The Bertz CT molecular complexity index is 565. The fourth-order valence-electron chi connectivity index (χ4n) is 2.89. The van der Waals surface area contributed by atoms with E-state index in [-0.39, 0.29) is 18.8 Å². The van der Waals surface area contributed by atoms with Crippen LogP contribution in [0.5, 0.6) is 5.75 Å². The maximum absolute atomic E-state index is 10.3. The monoisotopic (exact) mass is 384 g/mol. The number of nitrogens with one attached hydrogen (secondary N) is 2. The van der Waals surface area contributed by atoms with Crippen molar-refractivity contribution in [2.24, 2.45) is 0 Å². The molecule has 0 heterocycles. The van der Waals surface area contributed by atoms with Gasteiger partial charge in [-0.15, -0.1) is 0 Å². The van der Waals surface area contributed by atoms with Crippen LogP contribution in [0.3, 0.4) is 0 Å². The Balaban J connectivity index is 2.84. The standard InChI is InChI=1S/C20H36N2O5/c1-4-5-6-7-8-9-10-15-11-17(14-22-20(3,26)27)18(23)12-16(15)13-21-19(2,24)25/h11-12,21-27H,4-10,13-14H2,1-3H3. The second kappa shape index (κ2) is 10.9. The summed E-state index contributed by atoms with van der Waals surface area (Å²) < 4.78 is 0. The lowest BCUT2D eigenvalue weighted by Gasteiger charge is -2.21. The molecule has 0 spiro atoms. The maximum atomic E-state index is 10.3. The number of aliphatic hydroxyl groups is 4. The molecule has 1 aromatic carbocycles. The summed E-state index contributed by atoms with van der Waals surface area (Å²) in [6.45, 7) is 4.94. The first-order valence-corrected chi connectivity index (χ1v) is 9.75. The zero-order valence-corrected chi connectivity index (χ0v) is 16.8. The first-order chi connectivity index (χ1) is 12.5. The van der Waals surface area contributed by atoms with Crippen LogP contribution in [0.4, 0.5) is 0 Å². The fourth-order valence-corrected chi connectivity index (χ4v) is 2.89. The molecule has 0 radical (unpaired) electrons. The highest BCUT2D eigenvalue weighted by Gasteiger charge is 2.18. The van der Waals surface area contributed by atoms with Gasteiger partial charge >= 0.3 is 0 Å². The fraction of sp³-hybridized carbons (Fsp3) is 0.700. The minimum Gasteiger partial charge on any atom is -0.508 e. The summed E-state index contributed by atoms with van der Waals surface area (Å²) >= 11 is 0. The van der Waals surface area contributed by atoms with E-state index in [9.17, 15) is 25.5 Å². The van der Waals surface area contributed by atoms with E-state index >= 15 is 0 Å². The molecule has 0 unspecified atom stereocenters. The summed E-state index contributed by atoms with van der Waals surface area (Å²) in [5.41, 5.74) is 2.34. The van der Waals surface area contributed by atoms with Crippen molar-refractivity contribution in [3.63, 3.8) is 0 Å². The Hall–Kier alpha value is -1.22. The van der Waals surface area contributed by atoms with E-state index in [1.54, 1.807) is 6.07 Å². The van der Waals surface area contributed by atoms with Gasteiger partial charge in [0.25, 0.3) is 0 Å². The number of rotatable bonds is 13. The van der Waals surface area contributed by atoms with Crippen LogP contribution >= 0.6 is 0 Å². The molecule has 0 saturated heterocycles. The van der Waals surface area contributed by atoms with Gasteiger partial charge < -0.3 is 25.5 Å². The van der Waals surface area contributed by atoms with Gasteiger partial charge in [0.2, 0.25) is 11.8 Å². The second-order valence-corrected chi connectivity index (χ2v) is 7.52. The molecule has 7 nitrogen and oxygen atoms in total. The molecule has 27 heavy (non-hydrogen) atoms. The lowest BCUT2D eigenvalue weighted by atomic mass is 9.97. The van der Waals surface area contributed by atoms with Gasteiger partial charge in [-0.3, -0.25) is 10.6 Å². The van der Waals surface area contributed by atoms with Gasteiger partial charge in [-0.1, -0.05) is 45.1 Å². The normalized spacial score (nSPS) is 12.6. The van der Waals surface area contributed by atoms with Crippen LogP contribution in [-0.4, -0.2) is 37.4 Å². The molecule has 0 fully saturated rings. The third kappa shape index (κ3) is 10.6. The second-order valence-electron chi connectivity index (χ2n) is 7.52. The molecule has 7 heteroatoms. The molecule has 156 valence electrons. The molecule has 0 saturated carbocycles. The van der Waals surface area contributed by atoms with Crippen molar-refractivity contribution in [1.29, 1.82) is 0 Å². The van der Waals surface area contributed by atoms with E-state index in [1.165, 1.54) is 39.5 Å². The van der Waals surface area contributed by atoms with Crippen LogP contribution in [0, 0.1) is 0 Å². The molecule has 0 aliphatic heterocycles. The Labute approximate surface area is 162 Å². The van der Waals surface area contributed by atoms with E-state index < -0.39 is 11.8 Å². The van der Waals surface area contributed by atoms with Crippen LogP contribution in [0.25, 0.3) is 0 Å². The van der Waals surface area contributed by atoms with Crippen molar-refractivity contribution in [3.8, 4) is 5.75 Å². The molecule has 0 atom stereocenters. The minimum absolute atomic E-state index is 0.0211. The Kier molecular flexibility index (Phi) is 9.66. The summed E-state index contributed by atoms with van der Waals surface area (Å²) in [4.78, 5) is 0. The van der Waals surface area contributed by atoms with Crippen LogP contribution < -0.4 is 10.6 Å². The number of benzene rings is 1. The molecular formula is C20H36N2O5. The molecule has 0 bridgehead atoms. The number of hydrogen-bond donors (Lipinski definition) is 7. The minimum atomic E-state index is -2.03. The molecule has 1 rings (SSSR count). The van der Waals surface area contributed by atoms with E-state index in [1.807, 2.05) is 6.07 Å². The topological polar surface area (TPSA) is 125 Å². The van der Waals surface area contributed by atoms with Gasteiger partial charge in [0.05, 0.1) is 0 Å². The van der Waals surface area contributed by atoms with E-state index in [4.69, 9.17) is 0 Å². The lowest BCUT2D eigenvalue weighted by Crippen LogP contribution is -2.41. The van der Waals surface area contributed by atoms with Crippen LogP contribution in [0.1, 0.15) is 76.0 Å². The molecule has 0 aliphatic rings. The Morgan fingerprint density at radius 1 is 0.741 bits per heavy atom. The number of aryl methyl sites for hydroxylation is 1. The van der Waals surface area contributed by atoms with Crippen LogP contribution in [0.2, 0.25) is 0 Å². The van der Waals surface area contributed by atoms with Gasteiger partial charge in [-0.25, -0.2) is 0 Å². The number of phenols is 1. The lowest BCUT2D eigenvalue weighted by molar-refractivity contribution is -0.171. The Morgan fingerprint density at radius 2 is 1.26 bits per heavy atom. The van der Waals surface area contributed by atoms with Crippen molar-refractivity contribution in [1.82, 2.24) is 10.6 Å². The molecule has 0 aromatic heterocycles. The highest BCUT2D eigenvalue weighted by Crippen LogP contribution is 2.25. The van der Waals surface area contributed by atoms with Crippen molar-refractivity contribution in [2.45, 2.75) is 90.6 Å². The maximum Gasteiger partial charge on any atom is 0.219 e. The van der Waals surface area contributed by atoms with Crippen LogP contribution in [-0.2, 0) is 19.5 Å². The van der Waals surface area contributed by atoms with E-state index in [2.05, 4.69) is 17.6 Å². The first kappa shape index (κ1) is 23.8. The highest BCUT2D eigenvalue weighted by atomic mass is 16.5.